The molecule has 0 spiro atoms. The fourth-order valence-corrected chi connectivity index (χ4v) is 2.29. The van der Waals surface area contributed by atoms with Gasteiger partial charge in [0, 0.05) is 15.6 Å². The summed E-state index contributed by atoms with van der Waals surface area (Å²) in [5.41, 5.74) is 0.827. The van der Waals surface area contributed by atoms with Crippen molar-refractivity contribution in [3.8, 4) is 11.5 Å². The summed E-state index contributed by atoms with van der Waals surface area (Å²) in [5.74, 6) is 0.377. The number of ether oxygens (including phenoxy) is 2. The molecule has 0 aliphatic rings. The quantitative estimate of drug-likeness (QED) is 0.794. The van der Waals surface area contributed by atoms with Gasteiger partial charge in [-0.2, -0.15) is 0 Å². The van der Waals surface area contributed by atoms with Crippen LogP contribution in [0.1, 0.15) is 15.9 Å². The van der Waals surface area contributed by atoms with Crippen LogP contribution in [-0.2, 0) is 0 Å². The van der Waals surface area contributed by atoms with Crippen LogP contribution in [0.25, 0.3) is 0 Å². The molecule has 2 aromatic carbocycles. The van der Waals surface area contributed by atoms with Crippen LogP contribution in [0, 0.1) is 5.82 Å². The van der Waals surface area contributed by atoms with E-state index in [2.05, 4.69) is 15.9 Å². The molecule has 0 saturated carbocycles. The van der Waals surface area contributed by atoms with Crippen molar-refractivity contribution >= 4 is 21.7 Å². The minimum atomic E-state index is -0.382. The highest BCUT2D eigenvalue weighted by atomic mass is 79.9. The van der Waals surface area contributed by atoms with Gasteiger partial charge < -0.3 is 9.47 Å². The van der Waals surface area contributed by atoms with E-state index in [0.717, 1.165) is 0 Å². The number of halogens is 2. The molecule has 0 unspecified atom stereocenters. The zero-order valence-electron chi connectivity index (χ0n) is 10.9. The minimum Gasteiger partial charge on any atom is -0.493 e. The summed E-state index contributed by atoms with van der Waals surface area (Å²) in [7, 11) is 3.02. The van der Waals surface area contributed by atoms with Gasteiger partial charge in [0.05, 0.1) is 14.2 Å². The Balaban J connectivity index is 2.46. The van der Waals surface area contributed by atoms with Crippen LogP contribution in [0.4, 0.5) is 4.39 Å². The van der Waals surface area contributed by atoms with Crippen molar-refractivity contribution < 1.29 is 18.7 Å². The molecule has 5 heteroatoms. The van der Waals surface area contributed by atoms with Crippen molar-refractivity contribution in [2.45, 2.75) is 0 Å². The molecule has 0 atom stereocenters. The molecule has 0 heterocycles. The summed E-state index contributed by atoms with van der Waals surface area (Å²) in [4.78, 5) is 12.4. The molecule has 0 aromatic heterocycles. The molecule has 2 rings (SSSR count). The van der Waals surface area contributed by atoms with Gasteiger partial charge in [0.25, 0.3) is 0 Å². The van der Waals surface area contributed by atoms with Gasteiger partial charge in [-0.1, -0.05) is 0 Å². The van der Waals surface area contributed by atoms with Crippen molar-refractivity contribution in [2.75, 3.05) is 14.2 Å². The number of hydrogen-bond donors (Lipinski definition) is 0. The van der Waals surface area contributed by atoms with E-state index in [4.69, 9.17) is 9.47 Å². The van der Waals surface area contributed by atoms with E-state index in [1.54, 1.807) is 12.1 Å². The molecule has 0 aliphatic heterocycles. The number of carbonyl (C=O) groups excluding carboxylic acids is 1. The number of carbonyl (C=O) groups is 1. The fraction of sp³-hybridized carbons (Fsp3) is 0.133. The first-order chi connectivity index (χ1) is 9.56. The molecule has 0 saturated heterocycles. The Kier molecular flexibility index (Phi) is 4.39. The lowest BCUT2D eigenvalue weighted by Crippen LogP contribution is -2.04. The van der Waals surface area contributed by atoms with E-state index >= 15 is 0 Å². The lowest BCUT2D eigenvalue weighted by atomic mass is 10.0. The first-order valence-electron chi connectivity index (χ1n) is 5.78. The maximum Gasteiger partial charge on any atom is 0.194 e. The Hall–Kier alpha value is -1.88. The molecule has 0 bridgehead atoms. The average molecular weight is 339 g/mol. The average Bonchev–Trinajstić information content (AvgIpc) is 2.47. The Morgan fingerprint density at radius 3 is 2.15 bits per heavy atom. The van der Waals surface area contributed by atoms with Crippen molar-refractivity contribution in [2.24, 2.45) is 0 Å². The molecule has 0 fully saturated rings. The predicted molar refractivity (Wildman–Crippen MR) is 77.1 cm³/mol. The standard InChI is InChI=1S/C15H12BrFO3/c1-19-13-7-11(12(16)8-14(13)20-2)15(18)9-3-5-10(17)6-4-9/h3-8H,1-2H3. The molecular weight excluding hydrogens is 327 g/mol. The van der Waals surface area contributed by atoms with Gasteiger partial charge in [-0.05, 0) is 52.3 Å². The Morgan fingerprint density at radius 1 is 1.05 bits per heavy atom. The minimum absolute atomic E-state index is 0.224. The van der Waals surface area contributed by atoms with E-state index in [-0.39, 0.29) is 11.6 Å². The van der Waals surface area contributed by atoms with Crippen LogP contribution in [0.3, 0.4) is 0 Å². The van der Waals surface area contributed by atoms with Gasteiger partial charge in [-0.15, -0.1) is 0 Å². The number of benzene rings is 2. The number of methoxy groups -OCH3 is 2. The normalized spacial score (nSPS) is 10.2. The van der Waals surface area contributed by atoms with E-state index in [0.29, 0.717) is 27.1 Å². The van der Waals surface area contributed by atoms with Gasteiger partial charge in [-0.3, -0.25) is 4.79 Å². The van der Waals surface area contributed by atoms with Crippen LogP contribution in [0.2, 0.25) is 0 Å². The smallest absolute Gasteiger partial charge is 0.194 e. The third kappa shape index (κ3) is 2.82. The first kappa shape index (κ1) is 14.5. The largest absolute Gasteiger partial charge is 0.493 e. The number of ketones is 1. The third-order valence-corrected chi connectivity index (χ3v) is 3.48. The molecule has 2 aromatic rings. The molecule has 20 heavy (non-hydrogen) atoms. The SMILES string of the molecule is COc1cc(Br)c(C(=O)c2ccc(F)cc2)cc1OC. The van der Waals surface area contributed by atoms with Crippen molar-refractivity contribution in [3.63, 3.8) is 0 Å². The number of rotatable bonds is 4. The summed E-state index contributed by atoms with van der Waals surface area (Å²) < 4.78 is 23.8. The fourth-order valence-electron chi connectivity index (χ4n) is 1.78. The molecule has 3 nitrogen and oxygen atoms in total. The third-order valence-electron chi connectivity index (χ3n) is 2.82. The summed E-state index contributed by atoms with van der Waals surface area (Å²) in [6.07, 6.45) is 0. The van der Waals surface area contributed by atoms with E-state index in [1.165, 1.54) is 38.5 Å². The Morgan fingerprint density at radius 2 is 1.60 bits per heavy atom. The monoisotopic (exact) mass is 338 g/mol. The molecule has 104 valence electrons. The lowest BCUT2D eigenvalue weighted by Gasteiger charge is -2.11. The van der Waals surface area contributed by atoms with Crippen LogP contribution < -0.4 is 9.47 Å². The maximum atomic E-state index is 12.9. The van der Waals surface area contributed by atoms with Crippen LogP contribution in [-0.4, -0.2) is 20.0 Å². The van der Waals surface area contributed by atoms with E-state index in [1.807, 2.05) is 0 Å². The zero-order valence-corrected chi connectivity index (χ0v) is 12.5. The second-order valence-corrected chi connectivity index (χ2v) is 4.88. The lowest BCUT2D eigenvalue weighted by molar-refractivity contribution is 0.103. The topological polar surface area (TPSA) is 35.5 Å². The highest BCUT2D eigenvalue weighted by Gasteiger charge is 2.17. The van der Waals surface area contributed by atoms with Crippen molar-refractivity contribution in [1.29, 1.82) is 0 Å². The van der Waals surface area contributed by atoms with Crippen LogP contribution >= 0.6 is 15.9 Å². The molecular formula is C15H12BrFO3. The second-order valence-electron chi connectivity index (χ2n) is 4.02. The highest BCUT2D eigenvalue weighted by Crippen LogP contribution is 2.34. The van der Waals surface area contributed by atoms with Gasteiger partial charge in [0.1, 0.15) is 5.82 Å². The second kappa shape index (κ2) is 6.05. The summed E-state index contributed by atoms with van der Waals surface area (Å²) >= 11 is 3.33. The van der Waals surface area contributed by atoms with Gasteiger partial charge in [0.2, 0.25) is 0 Å². The van der Waals surface area contributed by atoms with Crippen LogP contribution in [0.15, 0.2) is 40.9 Å². The molecule has 0 amide bonds. The summed E-state index contributed by atoms with van der Waals surface area (Å²) in [5, 5.41) is 0. The Labute approximate surface area is 124 Å². The summed E-state index contributed by atoms with van der Waals surface area (Å²) in [6.45, 7) is 0. The summed E-state index contributed by atoms with van der Waals surface area (Å²) in [6, 6.07) is 8.65. The van der Waals surface area contributed by atoms with E-state index in [9.17, 15) is 9.18 Å². The maximum absolute atomic E-state index is 12.9. The van der Waals surface area contributed by atoms with Gasteiger partial charge in [0.15, 0.2) is 17.3 Å². The molecule has 0 aliphatic carbocycles. The van der Waals surface area contributed by atoms with Gasteiger partial charge in [-0.25, -0.2) is 4.39 Å². The Bertz CT molecular complexity index is 638. The molecule has 0 N–H and O–H groups in total. The van der Waals surface area contributed by atoms with E-state index < -0.39 is 0 Å². The van der Waals surface area contributed by atoms with Crippen molar-refractivity contribution in [3.05, 3.63) is 57.8 Å². The van der Waals surface area contributed by atoms with Crippen LogP contribution in [0.5, 0.6) is 11.5 Å². The zero-order chi connectivity index (χ0) is 14.7. The highest BCUT2D eigenvalue weighted by molar-refractivity contribution is 9.10. The molecule has 0 radical (unpaired) electrons. The van der Waals surface area contributed by atoms with Gasteiger partial charge >= 0.3 is 0 Å². The number of hydrogen-bond acceptors (Lipinski definition) is 3. The first-order valence-corrected chi connectivity index (χ1v) is 6.58. The van der Waals surface area contributed by atoms with Crippen molar-refractivity contribution in [1.82, 2.24) is 0 Å². The predicted octanol–water partition coefficient (Wildman–Crippen LogP) is 3.84.